The van der Waals surface area contributed by atoms with Gasteiger partial charge in [-0.3, -0.25) is 0 Å². The highest BCUT2D eigenvalue weighted by molar-refractivity contribution is 7.10. The molecule has 0 radical (unpaired) electrons. The van der Waals surface area contributed by atoms with Crippen LogP contribution in [-0.4, -0.2) is 17.4 Å². The summed E-state index contributed by atoms with van der Waals surface area (Å²) < 4.78 is 5.53. The Bertz CT molecular complexity index is 551. The third-order valence-corrected chi connectivity index (χ3v) is 4.95. The Morgan fingerprint density at radius 3 is 2.78 bits per heavy atom. The van der Waals surface area contributed by atoms with E-state index >= 15 is 0 Å². The second-order valence-corrected chi connectivity index (χ2v) is 7.43. The summed E-state index contributed by atoms with van der Waals surface area (Å²) in [6.07, 6.45) is 9.32. The van der Waals surface area contributed by atoms with Gasteiger partial charge in [0.1, 0.15) is 6.29 Å². The van der Waals surface area contributed by atoms with Crippen LogP contribution in [0.2, 0.25) is 0 Å². The summed E-state index contributed by atoms with van der Waals surface area (Å²) in [6, 6.07) is 0. The lowest BCUT2D eigenvalue weighted by molar-refractivity contribution is -0.110. The van der Waals surface area contributed by atoms with Crippen molar-refractivity contribution < 1.29 is 9.32 Å². The molecule has 0 aliphatic carbocycles. The van der Waals surface area contributed by atoms with Gasteiger partial charge in [-0.25, -0.2) is 4.98 Å². The molecule has 0 saturated heterocycles. The van der Waals surface area contributed by atoms with Crippen LogP contribution in [0, 0.1) is 12.8 Å². The Kier molecular flexibility index (Phi) is 9.54. The van der Waals surface area contributed by atoms with Crippen LogP contribution in [-0.2, 0) is 9.32 Å². The molecule has 0 aliphatic heterocycles. The maximum atomic E-state index is 10.6. The number of allylic oxidation sites excluding steroid dienone is 1. The fourth-order valence-electron chi connectivity index (χ4n) is 2.30. The second-order valence-electron chi connectivity index (χ2n) is 6.10. The Morgan fingerprint density at radius 1 is 1.48 bits per heavy atom. The van der Waals surface area contributed by atoms with Gasteiger partial charge in [0.15, 0.2) is 0 Å². The van der Waals surface area contributed by atoms with Gasteiger partial charge in [-0.1, -0.05) is 18.6 Å². The highest BCUT2D eigenvalue weighted by Crippen LogP contribution is 2.20. The summed E-state index contributed by atoms with van der Waals surface area (Å²) in [5.41, 5.74) is 3.52. The zero-order valence-electron chi connectivity index (χ0n) is 14.5. The molecule has 128 valence electrons. The predicted molar refractivity (Wildman–Crippen MR) is 103 cm³/mol. The van der Waals surface area contributed by atoms with E-state index in [-0.39, 0.29) is 12.0 Å². The lowest BCUT2D eigenvalue weighted by Crippen LogP contribution is -2.08. The van der Waals surface area contributed by atoms with E-state index in [9.17, 15) is 4.79 Å². The molecule has 23 heavy (non-hydrogen) atoms. The molecule has 1 unspecified atom stereocenters. The molecule has 0 aliphatic rings. The van der Waals surface area contributed by atoms with Crippen molar-refractivity contribution in [3.63, 3.8) is 0 Å². The predicted octanol–water partition coefficient (Wildman–Crippen LogP) is 5.37. The zero-order chi connectivity index (χ0) is 17.2. The molecule has 1 rings (SSSR count). The molecule has 0 N–H and O–H groups in total. The van der Waals surface area contributed by atoms with Crippen LogP contribution in [0.25, 0.3) is 6.08 Å². The average molecular weight is 353 g/mol. The van der Waals surface area contributed by atoms with Gasteiger partial charge >= 0.3 is 0 Å². The normalized spacial score (nSPS) is 15.5. The molecule has 0 saturated carbocycles. The van der Waals surface area contributed by atoms with Gasteiger partial charge in [0.25, 0.3) is 0 Å². The first-order valence-electron chi connectivity index (χ1n) is 8.03. The number of aryl methyl sites for hydroxylation is 1. The summed E-state index contributed by atoms with van der Waals surface area (Å²) in [4.78, 5) is 15.1. The minimum Gasteiger partial charge on any atom is -0.358 e. The van der Waals surface area contributed by atoms with E-state index in [4.69, 9.17) is 4.52 Å². The summed E-state index contributed by atoms with van der Waals surface area (Å²) >= 11 is 1.66. The van der Waals surface area contributed by atoms with Crippen LogP contribution < -0.4 is 0 Å². The first-order valence-corrected chi connectivity index (χ1v) is 9.38. The van der Waals surface area contributed by atoms with Crippen molar-refractivity contribution in [3.05, 3.63) is 33.3 Å². The van der Waals surface area contributed by atoms with Gasteiger partial charge in [-0.15, -0.1) is 11.3 Å². The lowest BCUT2D eigenvalue weighted by atomic mass is 10.0. The number of hydrogen-bond donors (Lipinski definition) is 0. The van der Waals surface area contributed by atoms with Crippen molar-refractivity contribution in [1.82, 2.24) is 4.98 Å². The Labute approximate surface area is 146 Å². The van der Waals surface area contributed by atoms with E-state index < -0.39 is 0 Å². The zero-order valence-corrected chi connectivity index (χ0v) is 16.5. The standard InChI is InChI=1S/C18H28NO2PS/c1-13(6-5-7-14(2)11-20)8-9-18(21-22)15(3)10-17-12-23-16(4)19-17/h8,10-12,14,18H,5-7,9,22H2,1-4H3/t14-,18-/m0/s1. The summed E-state index contributed by atoms with van der Waals surface area (Å²) in [6.45, 7) is 8.21. The van der Waals surface area contributed by atoms with E-state index in [0.29, 0.717) is 0 Å². The molecular weight excluding hydrogens is 325 g/mol. The molecule has 5 heteroatoms. The largest absolute Gasteiger partial charge is 0.358 e. The number of thiazole rings is 1. The Hall–Kier alpha value is -0.830. The SMILES string of the molecule is CC(=CC[C@H](OP)C(C)=Cc1csc(C)n1)CCC[C@H](C)C=O. The third kappa shape index (κ3) is 8.01. The molecule has 1 aromatic heterocycles. The molecular formula is C18H28NO2PS. The lowest BCUT2D eigenvalue weighted by Gasteiger charge is -2.14. The van der Waals surface area contributed by atoms with Crippen molar-refractivity contribution in [3.8, 4) is 0 Å². The molecule has 1 aromatic rings. The average Bonchev–Trinajstić information content (AvgIpc) is 2.92. The first-order chi connectivity index (χ1) is 11.0. The van der Waals surface area contributed by atoms with Gasteiger partial charge in [-0.2, -0.15) is 0 Å². The fraction of sp³-hybridized carbons (Fsp3) is 0.556. The van der Waals surface area contributed by atoms with E-state index in [1.165, 1.54) is 11.1 Å². The van der Waals surface area contributed by atoms with Crippen molar-refractivity contribution >= 4 is 33.2 Å². The molecule has 1 heterocycles. The quantitative estimate of drug-likeness (QED) is 0.322. The van der Waals surface area contributed by atoms with E-state index in [0.717, 1.165) is 42.7 Å². The molecule has 0 aromatic carbocycles. The van der Waals surface area contributed by atoms with Gasteiger partial charge in [-0.05, 0) is 58.1 Å². The van der Waals surface area contributed by atoms with Gasteiger partial charge < -0.3 is 9.32 Å². The molecule has 3 nitrogen and oxygen atoms in total. The smallest absolute Gasteiger partial charge is 0.122 e. The number of nitrogens with zero attached hydrogens (tertiary/aromatic N) is 1. The van der Waals surface area contributed by atoms with Crippen LogP contribution >= 0.6 is 20.8 Å². The van der Waals surface area contributed by atoms with Crippen molar-refractivity contribution in [2.24, 2.45) is 5.92 Å². The molecule has 0 spiro atoms. The first kappa shape index (κ1) is 20.2. The maximum absolute atomic E-state index is 10.6. The monoisotopic (exact) mass is 353 g/mol. The molecule has 0 bridgehead atoms. The fourth-order valence-corrected chi connectivity index (χ4v) is 3.20. The van der Waals surface area contributed by atoms with Crippen LogP contribution in [0.4, 0.5) is 0 Å². The maximum Gasteiger partial charge on any atom is 0.122 e. The van der Waals surface area contributed by atoms with Crippen LogP contribution in [0.15, 0.2) is 22.6 Å². The highest BCUT2D eigenvalue weighted by atomic mass is 32.1. The van der Waals surface area contributed by atoms with E-state index in [2.05, 4.69) is 45.8 Å². The topological polar surface area (TPSA) is 39.2 Å². The minimum atomic E-state index is 0.0471. The van der Waals surface area contributed by atoms with Crippen LogP contribution in [0.1, 0.15) is 57.2 Å². The summed E-state index contributed by atoms with van der Waals surface area (Å²) in [5, 5.41) is 3.14. The number of aromatic nitrogens is 1. The van der Waals surface area contributed by atoms with Crippen LogP contribution in [0.5, 0.6) is 0 Å². The van der Waals surface area contributed by atoms with Gasteiger partial charge in [0, 0.05) is 20.8 Å². The third-order valence-electron chi connectivity index (χ3n) is 3.83. The van der Waals surface area contributed by atoms with Crippen molar-refractivity contribution in [1.29, 1.82) is 0 Å². The van der Waals surface area contributed by atoms with E-state index in [1.54, 1.807) is 11.3 Å². The Morgan fingerprint density at radius 2 is 2.22 bits per heavy atom. The van der Waals surface area contributed by atoms with Crippen molar-refractivity contribution in [2.45, 2.75) is 59.5 Å². The second kappa shape index (κ2) is 10.9. The van der Waals surface area contributed by atoms with Crippen molar-refractivity contribution in [2.75, 3.05) is 0 Å². The van der Waals surface area contributed by atoms with Gasteiger partial charge in [0.05, 0.1) is 16.8 Å². The summed E-state index contributed by atoms with van der Waals surface area (Å²) in [5.74, 6) is 0.165. The molecule has 0 fully saturated rings. The number of rotatable bonds is 10. The van der Waals surface area contributed by atoms with Gasteiger partial charge in [0.2, 0.25) is 0 Å². The number of carbonyl (C=O) groups is 1. The number of aldehydes is 1. The highest BCUT2D eigenvalue weighted by Gasteiger charge is 2.09. The summed E-state index contributed by atoms with van der Waals surface area (Å²) in [7, 11) is 2.37. The number of carbonyl (C=O) groups excluding carboxylic acids is 1. The Balaban J connectivity index is 2.52. The molecule has 3 atom stereocenters. The minimum absolute atomic E-state index is 0.0471. The van der Waals surface area contributed by atoms with Crippen LogP contribution in [0.3, 0.4) is 0 Å². The molecule has 0 amide bonds. The number of hydrogen-bond acceptors (Lipinski definition) is 4. The van der Waals surface area contributed by atoms with E-state index in [1.807, 2.05) is 13.8 Å².